The average molecular weight is 337 g/mol. The summed E-state index contributed by atoms with van der Waals surface area (Å²) < 4.78 is 13.3. The molecule has 0 spiro atoms. The Bertz CT molecular complexity index is 612. The Morgan fingerprint density at radius 2 is 2.23 bits per heavy atom. The molecule has 2 rings (SSSR count). The average Bonchev–Trinajstić information content (AvgIpc) is 3.00. The van der Waals surface area contributed by atoms with E-state index in [0.29, 0.717) is 12.5 Å². The molecule has 6 heteroatoms. The third-order valence-electron chi connectivity index (χ3n) is 3.15. The van der Waals surface area contributed by atoms with Gasteiger partial charge in [0.15, 0.2) is 5.96 Å². The predicted octanol–water partition coefficient (Wildman–Crippen LogP) is 3.40. The standard InChI is InChI=1S/C16H20FN3S2/c1-21-11-13-9-14(17)5-4-12(13)10-20-16(18)19-7-6-15-3-2-8-22-15/h2-5,8-9H,6-7,10-11H2,1H3,(H3,18,19,20). The number of rotatable bonds is 7. The van der Waals surface area contributed by atoms with Crippen molar-refractivity contribution in [3.63, 3.8) is 0 Å². The van der Waals surface area contributed by atoms with Crippen LogP contribution in [0.25, 0.3) is 0 Å². The molecule has 1 heterocycles. The number of aliphatic imine (C=N–C) groups is 1. The molecule has 0 aliphatic rings. The summed E-state index contributed by atoms with van der Waals surface area (Å²) in [6, 6.07) is 8.96. The molecule has 0 atom stereocenters. The van der Waals surface area contributed by atoms with Gasteiger partial charge in [0, 0.05) is 17.2 Å². The van der Waals surface area contributed by atoms with Crippen LogP contribution in [-0.4, -0.2) is 18.8 Å². The van der Waals surface area contributed by atoms with Gasteiger partial charge in [0.25, 0.3) is 0 Å². The highest BCUT2D eigenvalue weighted by Gasteiger charge is 2.04. The summed E-state index contributed by atoms with van der Waals surface area (Å²) in [5, 5.41) is 5.17. The zero-order valence-corrected chi connectivity index (χ0v) is 14.1. The molecule has 2 aromatic rings. The molecule has 1 aromatic heterocycles. The Kier molecular flexibility index (Phi) is 6.74. The van der Waals surface area contributed by atoms with Crippen LogP contribution in [0.4, 0.5) is 4.39 Å². The van der Waals surface area contributed by atoms with E-state index in [1.165, 1.54) is 10.9 Å². The molecule has 0 amide bonds. The summed E-state index contributed by atoms with van der Waals surface area (Å²) in [7, 11) is 0. The lowest BCUT2D eigenvalue weighted by molar-refractivity contribution is 0.625. The fourth-order valence-electron chi connectivity index (χ4n) is 2.03. The van der Waals surface area contributed by atoms with Gasteiger partial charge in [-0.15, -0.1) is 11.3 Å². The van der Waals surface area contributed by atoms with E-state index in [1.807, 2.05) is 12.3 Å². The monoisotopic (exact) mass is 337 g/mol. The van der Waals surface area contributed by atoms with E-state index in [1.54, 1.807) is 35.2 Å². The first-order chi connectivity index (χ1) is 10.7. The molecule has 1 aromatic carbocycles. The van der Waals surface area contributed by atoms with Gasteiger partial charge >= 0.3 is 0 Å². The zero-order chi connectivity index (χ0) is 15.8. The Morgan fingerprint density at radius 1 is 1.36 bits per heavy atom. The Labute approximate surface area is 138 Å². The van der Waals surface area contributed by atoms with Crippen molar-refractivity contribution < 1.29 is 4.39 Å². The fraction of sp³-hybridized carbons (Fsp3) is 0.312. The largest absolute Gasteiger partial charge is 0.370 e. The van der Waals surface area contributed by atoms with Gasteiger partial charge in [0.1, 0.15) is 5.82 Å². The number of nitrogens with two attached hydrogens (primary N) is 1. The van der Waals surface area contributed by atoms with E-state index in [4.69, 9.17) is 5.73 Å². The number of halogens is 1. The molecule has 22 heavy (non-hydrogen) atoms. The second kappa shape index (κ2) is 8.80. The molecule has 3 N–H and O–H groups in total. The molecule has 0 saturated heterocycles. The highest BCUT2D eigenvalue weighted by atomic mass is 32.2. The summed E-state index contributed by atoms with van der Waals surface area (Å²) >= 11 is 3.40. The van der Waals surface area contributed by atoms with E-state index in [0.717, 1.165) is 29.8 Å². The first kappa shape index (κ1) is 16.8. The normalized spacial score (nSPS) is 11.6. The number of nitrogens with zero attached hydrogens (tertiary/aromatic N) is 1. The highest BCUT2D eigenvalue weighted by molar-refractivity contribution is 7.97. The maximum Gasteiger partial charge on any atom is 0.188 e. The smallest absolute Gasteiger partial charge is 0.188 e. The number of benzene rings is 1. The Balaban J connectivity index is 1.87. The van der Waals surface area contributed by atoms with Crippen molar-refractivity contribution in [3.8, 4) is 0 Å². The van der Waals surface area contributed by atoms with Gasteiger partial charge in [-0.3, -0.25) is 0 Å². The molecule has 0 aliphatic heterocycles. The molecular formula is C16H20FN3S2. The maximum absolute atomic E-state index is 13.3. The summed E-state index contributed by atoms with van der Waals surface area (Å²) in [5.74, 6) is 0.990. The van der Waals surface area contributed by atoms with E-state index < -0.39 is 0 Å². The van der Waals surface area contributed by atoms with Crippen LogP contribution in [0.5, 0.6) is 0 Å². The molecule has 0 fully saturated rings. The van der Waals surface area contributed by atoms with Gasteiger partial charge < -0.3 is 11.1 Å². The van der Waals surface area contributed by atoms with E-state index in [2.05, 4.69) is 21.8 Å². The molecule has 0 bridgehead atoms. The van der Waals surface area contributed by atoms with Crippen LogP contribution in [-0.2, 0) is 18.7 Å². The second-order valence-electron chi connectivity index (χ2n) is 4.80. The summed E-state index contributed by atoms with van der Waals surface area (Å²) in [5.41, 5.74) is 7.87. The minimum atomic E-state index is -0.209. The van der Waals surface area contributed by atoms with Crippen molar-refractivity contribution in [2.45, 2.75) is 18.7 Å². The first-order valence-electron chi connectivity index (χ1n) is 7.01. The lowest BCUT2D eigenvalue weighted by Crippen LogP contribution is -2.33. The van der Waals surface area contributed by atoms with Crippen LogP contribution in [0.3, 0.4) is 0 Å². The lowest BCUT2D eigenvalue weighted by Gasteiger charge is -2.08. The molecule has 118 valence electrons. The van der Waals surface area contributed by atoms with Crippen molar-refractivity contribution in [1.82, 2.24) is 5.32 Å². The molecule has 3 nitrogen and oxygen atoms in total. The van der Waals surface area contributed by atoms with Crippen molar-refractivity contribution >= 4 is 29.1 Å². The summed E-state index contributed by atoms with van der Waals surface area (Å²) in [4.78, 5) is 5.66. The first-order valence-corrected chi connectivity index (χ1v) is 9.29. The Hall–Kier alpha value is -1.53. The molecular weight excluding hydrogens is 317 g/mol. The maximum atomic E-state index is 13.3. The lowest BCUT2D eigenvalue weighted by atomic mass is 10.1. The third-order valence-corrected chi connectivity index (χ3v) is 4.68. The van der Waals surface area contributed by atoms with Gasteiger partial charge in [0.05, 0.1) is 6.54 Å². The summed E-state index contributed by atoms with van der Waals surface area (Å²) in [6.45, 7) is 1.23. The van der Waals surface area contributed by atoms with Crippen LogP contribution in [0.1, 0.15) is 16.0 Å². The van der Waals surface area contributed by atoms with Crippen molar-refractivity contribution in [1.29, 1.82) is 0 Å². The van der Waals surface area contributed by atoms with E-state index in [-0.39, 0.29) is 5.82 Å². The van der Waals surface area contributed by atoms with Gasteiger partial charge in [-0.2, -0.15) is 11.8 Å². The van der Waals surface area contributed by atoms with E-state index >= 15 is 0 Å². The highest BCUT2D eigenvalue weighted by Crippen LogP contribution is 2.17. The van der Waals surface area contributed by atoms with Gasteiger partial charge in [-0.05, 0) is 47.4 Å². The van der Waals surface area contributed by atoms with Crippen LogP contribution in [0.15, 0.2) is 40.7 Å². The van der Waals surface area contributed by atoms with Crippen LogP contribution in [0.2, 0.25) is 0 Å². The summed E-state index contributed by atoms with van der Waals surface area (Å²) in [6.07, 6.45) is 2.93. The third kappa shape index (κ3) is 5.35. The number of nitrogens with one attached hydrogen (secondary N) is 1. The topological polar surface area (TPSA) is 50.4 Å². The van der Waals surface area contributed by atoms with Crippen molar-refractivity contribution in [2.75, 3.05) is 12.8 Å². The van der Waals surface area contributed by atoms with E-state index in [9.17, 15) is 4.39 Å². The van der Waals surface area contributed by atoms with Crippen molar-refractivity contribution in [3.05, 3.63) is 57.5 Å². The predicted molar refractivity (Wildman–Crippen MR) is 95.0 cm³/mol. The zero-order valence-electron chi connectivity index (χ0n) is 12.5. The number of thioether (sulfide) groups is 1. The minimum Gasteiger partial charge on any atom is -0.370 e. The fourth-order valence-corrected chi connectivity index (χ4v) is 3.32. The van der Waals surface area contributed by atoms with Gasteiger partial charge in [0.2, 0.25) is 0 Å². The van der Waals surface area contributed by atoms with Crippen LogP contribution < -0.4 is 11.1 Å². The number of hydrogen-bond acceptors (Lipinski definition) is 3. The van der Waals surface area contributed by atoms with Gasteiger partial charge in [-0.1, -0.05) is 12.1 Å². The number of guanidine groups is 1. The second-order valence-corrected chi connectivity index (χ2v) is 6.70. The number of hydrogen-bond donors (Lipinski definition) is 2. The van der Waals surface area contributed by atoms with Crippen LogP contribution in [0, 0.1) is 5.82 Å². The SMILES string of the molecule is CSCc1cc(F)ccc1CN=C(N)NCCc1cccs1. The molecule has 0 unspecified atom stereocenters. The number of thiophene rings is 1. The van der Waals surface area contributed by atoms with Crippen LogP contribution >= 0.6 is 23.1 Å². The quantitative estimate of drug-likeness (QED) is 0.601. The molecule has 0 aliphatic carbocycles. The Morgan fingerprint density at radius 3 is 2.95 bits per heavy atom. The van der Waals surface area contributed by atoms with Crippen molar-refractivity contribution in [2.24, 2.45) is 10.7 Å². The minimum absolute atomic E-state index is 0.209. The van der Waals surface area contributed by atoms with Gasteiger partial charge in [-0.25, -0.2) is 9.38 Å². The molecule has 0 radical (unpaired) electrons. The molecule has 0 saturated carbocycles.